The van der Waals surface area contributed by atoms with Crippen molar-refractivity contribution in [2.45, 2.75) is 65.0 Å². The van der Waals surface area contributed by atoms with Crippen LogP contribution in [-0.2, 0) is 16.1 Å². The van der Waals surface area contributed by atoms with Gasteiger partial charge < -0.3 is 26.6 Å². The molecule has 0 saturated heterocycles. The highest BCUT2D eigenvalue weighted by Gasteiger charge is 2.67. The first-order chi connectivity index (χ1) is 19.9. The van der Waals surface area contributed by atoms with E-state index in [2.05, 4.69) is 51.3 Å². The molecule has 13 heteroatoms. The third-order valence-electron chi connectivity index (χ3n) is 9.00. The number of nitrogens with one attached hydrogen (secondary N) is 3. The molecule has 0 spiro atoms. The van der Waals surface area contributed by atoms with Crippen LogP contribution >= 0.6 is 0 Å². The minimum absolute atomic E-state index is 0.0424. The highest BCUT2D eigenvalue weighted by atomic mass is 16.4. The van der Waals surface area contributed by atoms with Gasteiger partial charge in [-0.05, 0) is 72.1 Å². The van der Waals surface area contributed by atoms with Crippen LogP contribution in [0.1, 0.15) is 74.0 Å². The molecule has 5 atom stereocenters. The maximum absolute atomic E-state index is 13.5. The summed E-state index contributed by atoms with van der Waals surface area (Å²) in [5.74, 6) is -1.47. The number of aromatic amines is 1. The number of nitrogens with zero attached hydrogens (tertiary/aromatic N) is 3. The van der Waals surface area contributed by atoms with Gasteiger partial charge in [-0.15, -0.1) is 0 Å². The number of hydrogen-bond acceptors (Lipinski definition) is 9. The zero-order valence-corrected chi connectivity index (χ0v) is 23.7. The van der Waals surface area contributed by atoms with Gasteiger partial charge in [0.1, 0.15) is 6.04 Å². The molecule has 5 rings (SSSR count). The molecule has 0 bridgehead atoms. The lowest BCUT2D eigenvalue weighted by molar-refractivity contribution is -0.140. The monoisotopic (exact) mass is 577 g/mol. The molecule has 2 aliphatic rings. The number of carboxylic acids is 2. The molecular formula is C29H35N7O6. The number of anilines is 2. The van der Waals surface area contributed by atoms with Crippen molar-refractivity contribution in [3.05, 3.63) is 51.6 Å². The second-order valence-corrected chi connectivity index (χ2v) is 11.8. The third kappa shape index (κ3) is 5.38. The van der Waals surface area contributed by atoms with E-state index in [9.17, 15) is 24.3 Å². The molecular weight excluding hydrogens is 542 g/mol. The molecule has 3 aromatic rings. The van der Waals surface area contributed by atoms with Crippen LogP contribution < -0.4 is 21.9 Å². The number of nitrogen functional groups attached to an aromatic ring is 1. The van der Waals surface area contributed by atoms with Gasteiger partial charge in [0.25, 0.3) is 11.5 Å². The van der Waals surface area contributed by atoms with E-state index in [0.717, 1.165) is 24.1 Å². The van der Waals surface area contributed by atoms with Crippen molar-refractivity contribution >= 4 is 40.6 Å². The number of nitrogens with two attached hydrogens (primary N) is 1. The van der Waals surface area contributed by atoms with Crippen molar-refractivity contribution in [3.63, 3.8) is 0 Å². The van der Waals surface area contributed by atoms with Gasteiger partial charge in [0.15, 0.2) is 11.2 Å². The molecule has 2 heterocycles. The summed E-state index contributed by atoms with van der Waals surface area (Å²) in [7, 11) is 0. The Hall–Kier alpha value is -4.55. The summed E-state index contributed by atoms with van der Waals surface area (Å²) in [6, 6.07) is 4.03. The van der Waals surface area contributed by atoms with Gasteiger partial charge in [0, 0.05) is 17.7 Å². The predicted octanol–water partition coefficient (Wildman–Crippen LogP) is 2.74. The van der Waals surface area contributed by atoms with Gasteiger partial charge in [-0.25, -0.2) is 14.8 Å². The van der Waals surface area contributed by atoms with E-state index in [-0.39, 0.29) is 47.8 Å². The Morgan fingerprint density at radius 1 is 1.21 bits per heavy atom. The molecule has 2 fully saturated rings. The van der Waals surface area contributed by atoms with E-state index >= 15 is 0 Å². The van der Waals surface area contributed by atoms with E-state index in [1.165, 1.54) is 6.20 Å². The standard InChI is InChI=1S/C29H35N7O6/c1-13(2)29-10-20(29)14(3)8-19(29)18-9-15(4-5-17(18)25(39)34-21(27(41)42)6-7-22(37)38)31-11-16-12-32-24-23(33-16)26(40)36-28(30)35-24/h4-5,9,12-14,19-21,31H,6-8,10-11H2,1-3H3,(H,34,39)(H,37,38)(H,41,42)(H3,30,32,35,36,40)/t14?,19?,20?,21-,29?/m0/s1. The normalized spacial score (nSPS) is 23.4. The van der Waals surface area contributed by atoms with Crippen molar-refractivity contribution in [2.24, 2.45) is 23.2 Å². The summed E-state index contributed by atoms with van der Waals surface area (Å²) in [5, 5.41) is 24.5. The Labute approximate surface area is 241 Å². The fraction of sp³-hybridized carbons (Fsp3) is 0.483. The van der Waals surface area contributed by atoms with Gasteiger partial charge >= 0.3 is 11.9 Å². The molecule has 4 unspecified atom stereocenters. The quantitative estimate of drug-likeness (QED) is 0.195. The minimum Gasteiger partial charge on any atom is -0.481 e. The van der Waals surface area contributed by atoms with Gasteiger partial charge in [-0.2, -0.15) is 4.98 Å². The van der Waals surface area contributed by atoms with Crippen LogP contribution in [0.15, 0.2) is 29.2 Å². The molecule has 2 aromatic heterocycles. The van der Waals surface area contributed by atoms with Crippen molar-refractivity contribution in [2.75, 3.05) is 11.1 Å². The fourth-order valence-electron chi connectivity index (χ4n) is 6.87. The third-order valence-corrected chi connectivity index (χ3v) is 9.00. The molecule has 42 heavy (non-hydrogen) atoms. The molecule has 2 aliphatic carbocycles. The first-order valence-electron chi connectivity index (χ1n) is 14.0. The fourth-order valence-corrected chi connectivity index (χ4v) is 6.87. The average Bonchev–Trinajstić information content (AvgIpc) is 3.63. The SMILES string of the molecule is CC1CC(c2cc(NCc3cnc4nc(N)[nH]c(=O)c4n3)ccc2C(=O)N[C@@H](CCC(=O)O)C(=O)O)C2(C(C)C)CC12. The van der Waals surface area contributed by atoms with Crippen LogP contribution in [0, 0.1) is 23.2 Å². The lowest BCUT2D eigenvalue weighted by atomic mass is 9.75. The second-order valence-electron chi connectivity index (χ2n) is 11.8. The largest absolute Gasteiger partial charge is 0.481 e. The summed E-state index contributed by atoms with van der Waals surface area (Å²) in [6.45, 7) is 6.91. The lowest BCUT2D eigenvalue weighted by Gasteiger charge is -2.30. The first-order valence-corrected chi connectivity index (χ1v) is 14.0. The number of rotatable bonds is 11. The second kappa shape index (κ2) is 11.0. The Balaban J connectivity index is 1.45. The van der Waals surface area contributed by atoms with Gasteiger partial charge in [-0.1, -0.05) is 20.8 Å². The van der Waals surface area contributed by atoms with Crippen LogP contribution in [0.5, 0.6) is 0 Å². The maximum Gasteiger partial charge on any atom is 0.326 e. The van der Waals surface area contributed by atoms with Gasteiger partial charge in [0.2, 0.25) is 5.95 Å². The minimum atomic E-state index is -1.33. The number of fused-ring (bicyclic) bond motifs is 2. The zero-order valence-electron chi connectivity index (χ0n) is 23.7. The molecule has 2 saturated carbocycles. The van der Waals surface area contributed by atoms with Crippen LogP contribution in [-0.4, -0.2) is 54.0 Å². The molecule has 1 amide bonds. The summed E-state index contributed by atoms with van der Waals surface area (Å²) in [6.07, 6.45) is 2.89. The van der Waals surface area contributed by atoms with Crippen LogP contribution in [0.2, 0.25) is 0 Å². The Morgan fingerprint density at radius 2 is 1.98 bits per heavy atom. The molecule has 7 N–H and O–H groups in total. The summed E-state index contributed by atoms with van der Waals surface area (Å²) < 4.78 is 0. The maximum atomic E-state index is 13.5. The predicted molar refractivity (Wildman–Crippen MR) is 154 cm³/mol. The van der Waals surface area contributed by atoms with Crippen LogP contribution in [0.3, 0.4) is 0 Å². The highest BCUT2D eigenvalue weighted by Crippen LogP contribution is 2.75. The van der Waals surface area contributed by atoms with Crippen LogP contribution in [0.25, 0.3) is 11.2 Å². The smallest absolute Gasteiger partial charge is 0.326 e. The molecule has 1 aromatic carbocycles. The summed E-state index contributed by atoms with van der Waals surface area (Å²) >= 11 is 0. The number of carbonyl (C=O) groups is 3. The van der Waals surface area contributed by atoms with E-state index in [4.69, 9.17) is 10.8 Å². The Morgan fingerprint density at radius 3 is 2.64 bits per heavy atom. The number of hydrogen-bond donors (Lipinski definition) is 6. The number of aromatic nitrogens is 4. The molecule has 222 valence electrons. The van der Waals surface area contributed by atoms with Crippen molar-refractivity contribution in [3.8, 4) is 0 Å². The van der Waals surface area contributed by atoms with E-state index in [1.54, 1.807) is 12.1 Å². The van der Waals surface area contributed by atoms with Gasteiger partial charge in [0.05, 0.1) is 18.4 Å². The average molecular weight is 578 g/mol. The first kappa shape index (κ1) is 29.0. The Kier molecular flexibility index (Phi) is 7.60. The van der Waals surface area contributed by atoms with Crippen LogP contribution in [0.4, 0.5) is 11.6 Å². The number of aliphatic carboxylic acids is 2. The molecule has 0 radical (unpaired) electrons. The number of H-pyrrole nitrogens is 1. The Bertz CT molecular complexity index is 1620. The van der Waals surface area contributed by atoms with Crippen molar-refractivity contribution in [1.29, 1.82) is 0 Å². The van der Waals surface area contributed by atoms with Gasteiger partial charge in [-0.3, -0.25) is 19.4 Å². The molecule has 13 nitrogen and oxygen atoms in total. The topological polar surface area (TPSA) is 213 Å². The van der Waals surface area contributed by atoms with E-state index in [0.29, 0.717) is 29.0 Å². The van der Waals surface area contributed by atoms with E-state index < -0.39 is 29.4 Å². The van der Waals surface area contributed by atoms with Crippen molar-refractivity contribution in [1.82, 2.24) is 25.3 Å². The van der Waals surface area contributed by atoms with E-state index in [1.807, 2.05) is 6.07 Å². The number of carboxylic acid groups (broad SMARTS) is 2. The highest BCUT2D eigenvalue weighted by molar-refractivity contribution is 5.98. The number of amides is 1. The number of benzene rings is 1. The van der Waals surface area contributed by atoms with Crippen molar-refractivity contribution < 1.29 is 24.6 Å². The summed E-state index contributed by atoms with van der Waals surface area (Å²) in [5.41, 5.74) is 7.82. The zero-order chi connectivity index (χ0) is 30.3. The number of carbonyl (C=O) groups excluding carboxylic acids is 1. The lowest BCUT2D eigenvalue weighted by Crippen LogP contribution is -2.41. The summed E-state index contributed by atoms with van der Waals surface area (Å²) in [4.78, 5) is 63.6. The molecule has 0 aliphatic heterocycles.